The third-order valence-electron chi connectivity index (χ3n) is 2.97. The van der Waals surface area contributed by atoms with Crippen molar-refractivity contribution < 1.29 is 4.74 Å². The second-order valence-electron chi connectivity index (χ2n) is 3.99. The number of rotatable bonds is 0. The number of hydrogen-bond donors (Lipinski definition) is 1. The molecule has 11 heavy (non-hydrogen) atoms. The van der Waals surface area contributed by atoms with Gasteiger partial charge in [-0.15, -0.1) is 0 Å². The zero-order chi connectivity index (χ0) is 7.73. The predicted molar refractivity (Wildman–Crippen MR) is 44.6 cm³/mol. The van der Waals surface area contributed by atoms with Gasteiger partial charge in [-0.3, -0.25) is 0 Å². The summed E-state index contributed by atoms with van der Waals surface area (Å²) in [6, 6.07) is 0. The molecule has 0 bridgehead atoms. The zero-order valence-electron chi connectivity index (χ0n) is 7.23. The van der Waals surface area contributed by atoms with Crippen molar-refractivity contribution in [3.05, 3.63) is 0 Å². The molecule has 1 saturated heterocycles. The van der Waals surface area contributed by atoms with E-state index in [1.165, 1.54) is 25.7 Å². The van der Waals surface area contributed by atoms with E-state index in [1.54, 1.807) is 0 Å². The molecule has 2 aliphatic rings. The van der Waals surface area contributed by atoms with Crippen molar-refractivity contribution in [2.45, 2.75) is 44.2 Å². The average Bonchev–Trinajstić information content (AvgIpc) is 2.45. The lowest BCUT2D eigenvalue weighted by Gasteiger charge is -2.37. The van der Waals surface area contributed by atoms with Gasteiger partial charge in [-0.25, -0.2) is 0 Å². The first kappa shape index (κ1) is 7.56. The van der Waals surface area contributed by atoms with Gasteiger partial charge in [0, 0.05) is 12.1 Å². The molecular weight excluding hydrogens is 138 g/mol. The molecule has 1 spiro atoms. The smallest absolute Gasteiger partial charge is 0.0672 e. The number of morpholine rings is 1. The molecule has 1 aliphatic carbocycles. The fourth-order valence-electron chi connectivity index (χ4n) is 2.14. The Morgan fingerprint density at radius 3 is 2.64 bits per heavy atom. The summed E-state index contributed by atoms with van der Waals surface area (Å²) >= 11 is 0. The van der Waals surface area contributed by atoms with Crippen LogP contribution in [-0.4, -0.2) is 24.8 Å². The van der Waals surface area contributed by atoms with Crippen LogP contribution < -0.4 is 5.32 Å². The van der Waals surface area contributed by atoms with Crippen LogP contribution in [0.4, 0.5) is 0 Å². The van der Waals surface area contributed by atoms with Crippen molar-refractivity contribution >= 4 is 0 Å². The summed E-state index contributed by atoms with van der Waals surface area (Å²) in [5.41, 5.74) is 0.381. The van der Waals surface area contributed by atoms with E-state index < -0.39 is 0 Å². The fraction of sp³-hybridized carbons (Fsp3) is 1.00. The van der Waals surface area contributed by atoms with Crippen LogP contribution in [0.1, 0.15) is 32.6 Å². The van der Waals surface area contributed by atoms with Crippen molar-refractivity contribution in [2.24, 2.45) is 0 Å². The normalized spacial score (nSPS) is 36.3. The van der Waals surface area contributed by atoms with Crippen molar-refractivity contribution in [2.75, 3.05) is 13.2 Å². The molecule has 1 saturated carbocycles. The van der Waals surface area contributed by atoms with E-state index in [2.05, 4.69) is 12.2 Å². The summed E-state index contributed by atoms with van der Waals surface area (Å²) in [4.78, 5) is 0. The van der Waals surface area contributed by atoms with Gasteiger partial charge < -0.3 is 10.1 Å². The maximum Gasteiger partial charge on any atom is 0.0672 e. The zero-order valence-corrected chi connectivity index (χ0v) is 7.23. The highest BCUT2D eigenvalue weighted by atomic mass is 16.5. The Balaban J connectivity index is 1.94. The van der Waals surface area contributed by atoms with E-state index in [4.69, 9.17) is 4.74 Å². The molecule has 0 aromatic carbocycles. The predicted octanol–water partition coefficient (Wildman–Crippen LogP) is 1.31. The summed E-state index contributed by atoms with van der Waals surface area (Å²) < 4.78 is 5.65. The number of nitrogens with one attached hydrogen (secondary N) is 1. The largest absolute Gasteiger partial charge is 0.375 e. The first-order valence-electron chi connectivity index (χ1n) is 4.67. The van der Waals surface area contributed by atoms with Crippen LogP contribution in [0.3, 0.4) is 0 Å². The van der Waals surface area contributed by atoms with Crippen LogP contribution >= 0.6 is 0 Å². The van der Waals surface area contributed by atoms with E-state index in [0.717, 1.165) is 13.2 Å². The quantitative estimate of drug-likeness (QED) is 0.569. The van der Waals surface area contributed by atoms with Gasteiger partial charge in [-0.1, -0.05) is 12.8 Å². The standard InChI is InChI=1S/C9H17NO/c1-8-6-10-9(7-11-8)4-2-3-5-9/h8,10H,2-7H2,1H3. The highest BCUT2D eigenvalue weighted by Crippen LogP contribution is 2.31. The minimum Gasteiger partial charge on any atom is -0.375 e. The minimum absolute atomic E-state index is 0.381. The topological polar surface area (TPSA) is 21.3 Å². The third-order valence-corrected chi connectivity index (χ3v) is 2.97. The molecule has 1 aliphatic heterocycles. The second-order valence-corrected chi connectivity index (χ2v) is 3.99. The van der Waals surface area contributed by atoms with Crippen molar-refractivity contribution in [3.8, 4) is 0 Å². The Hall–Kier alpha value is -0.0800. The van der Waals surface area contributed by atoms with E-state index in [-0.39, 0.29) is 0 Å². The van der Waals surface area contributed by atoms with Crippen LogP contribution in [-0.2, 0) is 4.74 Å². The molecule has 1 unspecified atom stereocenters. The Kier molecular flexibility index (Phi) is 1.90. The van der Waals surface area contributed by atoms with Gasteiger partial charge >= 0.3 is 0 Å². The molecule has 0 aromatic rings. The third kappa shape index (κ3) is 1.42. The summed E-state index contributed by atoms with van der Waals surface area (Å²) in [6.45, 7) is 4.11. The Morgan fingerprint density at radius 2 is 2.09 bits per heavy atom. The van der Waals surface area contributed by atoms with E-state index in [1.807, 2.05) is 0 Å². The molecule has 64 valence electrons. The Bertz CT molecular complexity index is 130. The van der Waals surface area contributed by atoms with Crippen molar-refractivity contribution in [3.63, 3.8) is 0 Å². The van der Waals surface area contributed by atoms with Gasteiger partial charge in [0.15, 0.2) is 0 Å². The first-order chi connectivity index (χ1) is 5.31. The van der Waals surface area contributed by atoms with Crippen LogP contribution in [0.2, 0.25) is 0 Å². The van der Waals surface area contributed by atoms with Gasteiger partial charge in [0.2, 0.25) is 0 Å². The maximum atomic E-state index is 5.65. The van der Waals surface area contributed by atoms with E-state index in [9.17, 15) is 0 Å². The van der Waals surface area contributed by atoms with Gasteiger partial charge in [-0.2, -0.15) is 0 Å². The fourth-order valence-corrected chi connectivity index (χ4v) is 2.14. The van der Waals surface area contributed by atoms with Gasteiger partial charge in [0.05, 0.1) is 12.7 Å². The monoisotopic (exact) mass is 155 g/mol. The summed E-state index contributed by atoms with van der Waals surface area (Å²) in [5, 5.41) is 3.62. The van der Waals surface area contributed by atoms with Crippen LogP contribution in [0.5, 0.6) is 0 Å². The molecule has 1 atom stereocenters. The highest BCUT2D eigenvalue weighted by molar-refractivity contribution is 4.95. The molecule has 0 aromatic heterocycles. The molecule has 1 heterocycles. The maximum absolute atomic E-state index is 5.65. The Morgan fingerprint density at radius 1 is 1.36 bits per heavy atom. The number of ether oxygens (including phenoxy) is 1. The van der Waals surface area contributed by atoms with Crippen LogP contribution in [0.25, 0.3) is 0 Å². The summed E-state index contributed by atoms with van der Waals surface area (Å²) in [5.74, 6) is 0. The van der Waals surface area contributed by atoms with Crippen LogP contribution in [0.15, 0.2) is 0 Å². The van der Waals surface area contributed by atoms with E-state index in [0.29, 0.717) is 11.6 Å². The Labute approximate surface area is 68.3 Å². The van der Waals surface area contributed by atoms with Gasteiger partial charge in [0.25, 0.3) is 0 Å². The molecule has 2 heteroatoms. The first-order valence-corrected chi connectivity index (χ1v) is 4.67. The van der Waals surface area contributed by atoms with Crippen molar-refractivity contribution in [1.82, 2.24) is 5.32 Å². The lowest BCUT2D eigenvalue weighted by Crippen LogP contribution is -2.54. The summed E-state index contributed by atoms with van der Waals surface area (Å²) in [7, 11) is 0. The van der Waals surface area contributed by atoms with E-state index >= 15 is 0 Å². The van der Waals surface area contributed by atoms with Gasteiger partial charge in [-0.05, 0) is 19.8 Å². The number of hydrogen-bond acceptors (Lipinski definition) is 2. The lowest BCUT2D eigenvalue weighted by atomic mass is 9.97. The van der Waals surface area contributed by atoms with Gasteiger partial charge in [0.1, 0.15) is 0 Å². The average molecular weight is 155 g/mol. The molecule has 0 amide bonds. The lowest BCUT2D eigenvalue weighted by molar-refractivity contribution is -0.0215. The minimum atomic E-state index is 0.381. The SMILES string of the molecule is CC1CNC2(CCCC2)CO1. The molecule has 2 fully saturated rings. The molecular formula is C9H17NO. The highest BCUT2D eigenvalue weighted by Gasteiger charge is 2.36. The van der Waals surface area contributed by atoms with Crippen LogP contribution in [0, 0.1) is 0 Å². The molecule has 0 radical (unpaired) electrons. The van der Waals surface area contributed by atoms with Crippen molar-refractivity contribution in [1.29, 1.82) is 0 Å². The molecule has 2 nitrogen and oxygen atoms in total. The summed E-state index contributed by atoms with van der Waals surface area (Å²) in [6.07, 6.45) is 5.82. The molecule has 2 rings (SSSR count). The second kappa shape index (κ2) is 2.76. The molecule has 1 N–H and O–H groups in total.